The van der Waals surface area contributed by atoms with Gasteiger partial charge in [-0.2, -0.15) is 0 Å². The molecule has 2 rings (SSSR count). The van der Waals surface area contributed by atoms with Crippen LogP contribution < -0.4 is 5.32 Å². The lowest BCUT2D eigenvalue weighted by atomic mass is 10.0. The minimum Gasteiger partial charge on any atom is -0.316 e. The molecule has 0 aliphatic carbocycles. The van der Waals surface area contributed by atoms with Gasteiger partial charge < -0.3 is 5.32 Å². The highest BCUT2D eigenvalue weighted by Crippen LogP contribution is 2.25. The Labute approximate surface area is 122 Å². The van der Waals surface area contributed by atoms with E-state index in [9.17, 15) is 0 Å². The van der Waals surface area contributed by atoms with Crippen molar-refractivity contribution in [2.24, 2.45) is 7.05 Å². The molecule has 0 spiro atoms. The van der Waals surface area contributed by atoms with E-state index in [1.807, 2.05) is 38.5 Å². The Kier molecular flexibility index (Phi) is 4.80. The van der Waals surface area contributed by atoms with E-state index in [1.54, 1.807) is 4.68 Å². The van der Waals surface area contributed by atoms with E-state index in [2.05, 4.69) is 15.6 Å². The van der Waals surface area contributed by atoms with Crippen LogP contribution in [0.1, 0.15) is 11.3 Å². The number of rotatable bonds is 5. The maximum Gasteiger partial charge on any atom is 0.0842 e. The van der Waals surface area contributed by atoms with E-state index in [0.717, 1.165) is 24.1 Å². The lowest BCUT2D eigenvalue weighted by Crippen LogP contribution is -2.30. The Morgan fingerprint density at radius 3 is 2.47 bits per heavy atom. The smallest absolute Gasteiger partial charge is 0.0842 e. The number of hydrogen-bond donors (Lipinski definition) is 1. The van der Waals surface area contributed by atoms with Gasteiger partial charge in [0.15, 0.2) is 0 Å². The van der Waals surface area contributed by atoms with Crippen molar-refractivity contribution in [3.63, 3.8) is 0 Å². The molecule has 1 N–H and O–H groups in total. The zero-order valence-electron chi connectivity index (χ0n) is 10.9. The summed E-state index contributed by atoms with van der Waals surface area (Å²) in [4.78, 5) is 0. The molecular weight excluding hydrogens is 283 g/mol. The number of hydrogen-bond acceptors (Lipinski definition) is 3. The molecule has 6 heteroatoms. The van der Waals surface area contributed by atoms with Crippen molar-refractivity contribution in [1.82, 2.24) is 20.3 Å². The maximum atomic E-state index is 6.19. The highest BCUT2D eigenvalue weighted by Gasteiger charge is 2.14. The van der Waals surface area contributed by atoms with Crippen LogP contribution >= 0.6 is 23.2 Å². The normalized spacial score (nSPS) is 12.6. The quantitative estimate of drug-likeness (QED) is 0.922. The fourth-order valence-corrected chi connectivity index (χ4v) is 2.54. The average Bonchev–Trinajstić information content (AvgIpc) is 2.78. The molecular formula is C13H16Cl2N4. The average molecular weight is 299 g/mol. The van der Waals surface area contributed by atoms with Crippen molar-refractivity contribution < 1.29 is 0 Å². The van der Waals surface area contributed by atoms with Crippen LogP contribution in [0, 0.1) is 0 Å². The van der Waals surface area contributed by atoms with Crippen LogP contribution in [0.15, 0.2) is 24.4 Å². The number of aromatic nitrogens is 3. The summed E-state index contributed by atoms with van der Waals surface area (Å²) in [5.74, 6) is 0. The van der Waals surface area contributed by atoms with Crippen molar-refractivity contribution in [3.8, 4) is 0 Å². The van der Waals surface area contributed by atoms with Crippen LogP contribution in [-0.2, 0) is 19.9 Å². The lowest BCUT2D eigenvalue weighted by molar-refractivity contribution is 0.550. The standard InChI is InChI=1S/C13H16Cl2N4/c1-16-9(6-10-8-19(2)18-17-10)7-11-12(14)4-3-5-13(11)15/h3-5,8-9,16H,6-7H2,1-2H3. The van der Waals surface area contributed by atoms with Crippen LogP contribution in [0.3, 0.4) is 0 Å². The summed E-state index contributed by atoms with van der Waals surface area (Å²) in [6.45, 7) is 0. The summed E-state index contributed by atoms with van der Waals surface area (Å²) in [6.07, 6.45) is 3.45. The van der Waals surface area contributed by atoms with Gasteiger partial charge in [0.05, 0.1) is 5.69 Å². The molecule has 0 bridgehead atoms. The Balaban J connectivity index is 2.11. The highest BCUT2D eigenvalue weighted by atomic mass is 35.5. The number of aryl methyl sites for hydroxylation is 1. The molecule has 0 aliphatic rings. The second-order valence-electron chi connectivity index (χ2n) is 4.48. The summed E-state index contributed by atoms with van der Waals surface area (Å²) in [5, 5.41) is 12.7. The van der Waals surface area contributed by atoms with E-state index in [-0.39, 0.29) is 6.04 Å². The molecule has 1 aromatic heterocycles. The molecule has 0 amide bonds. The molecule has 2 aromatic rings. The molecule has 1 unspecified atom stereocenters. The lowest BCUT2D eigenvalue weighted by Gasteiger charge is -2.16. The summed E-state index contributed by atoms with van der Waals surface area (Å²) in [5.41, 5.74) is 1.92. The summed E-state index contributed by atoms with van der Waals surface area (Å²) in [6, 6.07) is 5.79. The van der Waals surface area contributed by atoms with Crippen LogP contribution in [-0.4, -0.2) is 28.1 Å². The Bertz CT molecular complexity index is 533. The number of nitrogens with one attached hydrogen (secondary N) is 1. The molecule has 0 saturated heterocycles. The number of nitrogens with zero attached hydrogens (tertiary/aromatic N) is 3. The Hall–Kier alpha value is -1.10. The molecule has 0 saturated carbocycles. The van der Waals surface area contributed by atoms with E-state index in [4.69, 9.17) is 23.2 Å². The minimum atomic E-state index is 0.217. The van der Waals surface area contributed by atoms with Gasteiger partial charge in [-0.1, -0.05) is 34.5 Å². The van der Waals surface area contributed by atoms with Crippen LogP contribution in [0.2, 0.25) is 10.0 Å². The Morgan fingerprint density at radius 2 is 1.95 bits per heavy atom. The first-order valence-electron chi connectivity index (χ1n) is 6.05. The van der Waals surface area contributed by atoms with Gasteiger partial charge in [0.1, 0.15) is 0 Å². The number of likely N-dealkylation sites (N-methyl/N-ethyl adjacent to an activating group) is 1. The summed E-state index contributed by atoms with van der Waals surface area (Å²) in [7, 11) is 3.78. The van der Waals surface area contributed by atoms with E-state index >= 15 is 0 Å². The van der Waals surface area contributed by atoms with Gasteiger partial charge in [-0.25, -0.2) is 0 Å². The third-order valence-electron chi connectivity index (χ3n) is 3.03. The van der Waals surface area contributed by atoms with Crippen molar-refractivity contribution in [1.29, 1.82) is 0 Å². The second-order valence-corrected chi connectivity index (χ2v) is 5.29. The topological polar surface area (TPSA) is 42.7 Å². The summed E-state index contributed by atoms with van der Waals surface area (Å²) < 4.78 is 1.70. The number of benzene rings is 1. The SMILES string of the molecule is CNC(Cc1cn(C)nn1)Cc1c(Cl)cccc1Cl. The van der Waals surface area contributed by atoms with Gasteiger partial charge in [-0.3, -0.25) is 4.68 Å². The molecule has 102 valence electrons. The summed E-state index contributed by atoms with van der Waals surface area (Å²) >= 11 is 12.4. The largest absolute Gasteiger partial charge is 0.316 e. The van der Waals surface area contributed by atoms with Crippen LogP contribution in [0.25, 0.3) is 0 Å². The second kappa shape index (κ2) is 6.37. The maximum absolute atomic E-state index is 6.19. The molecule has 1 aromatic carbocycles. The van der Waals surface area contributed by atoms with Crippen molar-refractivity contribution in [2.45, 2.75) is 18.9 Å². The first-order chi connectivity index (χ1) is 9.10. The molecule has 0 radical (unpaired) electrons. The van der Waals surface area contributed by atoms with Crippen molar-refractivity contribution in [3.05, 3.63) is 45.7 Å². The molecule has 0 aliphatic heterocycles. The van der Waals surface area contributed by atoms with Gasteiger partial charge >= 0.3 is 0 Å². The minimum absolute atomic E-state index is 0.217. The monoisotopic (exact) mass is 298 g/mol. The third kappa shape index (κ3) is 3.69. The van der Waals surface area contributed by atoms with Gasteiger partial charge in [0.25, 0.3) is 0 Å². The van der Waals surface area contributed by atoms with Gasteiger partial charge in [0, 0.05) is 35.8 Å². The zero-order valence-corrected chi connectivity index (χ0v) is 12.4. The highest BCUT2D eigenvalue weighted by molar-refractivity contribution is 6.36. The van der Waals surface area contributed by atoms with E-state index in [1.165, 1.54) is 0 Å². The molecule has 4 nitrogen and oxygen atoms in total. The fraction of sp³-hybridized carbons (Fsp3) is 0.385. The zero-order chi connectivity index (χ0) is 13.8. The van der Waals surface area contributed by atoms with Gasteiger partial charge in [0.2, 0.25) is 0 Å². The molecule has 1 atom stereocenters. The molecule has 0 fully saturated rings. The van der Waals surface area contributed by atoms with E-state index < -0.39 is 0 Å². The molecule has 19 heavy (non-hydrogen) atoms. The van der Waals surface area contributed by atoms with E-state index in [0.29, 0.717) is 10.0 Å². The van der Waals surface area contributed by atoms with Crippen molar-refractivity contribution >= 4 is 23.2 Å². The fourth-order valence-electron chi connectivity index (χ4n) is 1.99. The third-order valence-corrected chi connectivity index (χ3v) is 3.73. The molecule has 1 heterocycles. The van der Waals surface area contributed by atoms with Gasteiger partial charge in [-0.05, 0) is 31.2 Å². The van der Waals surface area contributed by atoms with Crippen LogP contribution in [0.5, 0.6) is 0 Å². The predicted molar refractivity (Wildman–Crippen MR) is 77.7 cm³/mol. The predicted octanol–water partition coefficient (Wildman–Crippen LogP) is 2.50. The van der Waals surface area contributed by atoms with Crippen molar-refractivity contribution in [2.75, 3.05) is 7.05 Å². The first kappa shape index (κ1) is 14.3. The number of halogens is 2. The van der Waals surface area contributed by atoms with Gasteiger partial charge in [-0.15, -0.1) is 5.10 Å². The first-order valence-corrected chi connectivity index (χ1v) is 6.81. The van der Waals surface area contributed by atoms with Crippen LogP contribution in [0.4, 0.5) is 0 Å². The Morgan fingerprint density at radius 1 is 1.26 bits per heavy atom.